The van der Waals surface area contributed by atoms with Crippen LogP contribution in [0.3, 0.4) is 0 Å². The molecule has 0 saturated carbocycles. The average Bonchev–Trinajstić information content (AvgIpc) is 2.83. The van der Waals surface area contributed by atoms with Crippen molar-refractivity contribution in [2.75, 3.05) is 0 Å². The van der Waals surface area contributed by atoms with E-state index in [0.29, 0.717) is 14.6 Å². The molecule has 6 heteroatoms. The van der Waals surface area contributed by atoms with Crippen molar-refractivity contribution < 1.29 is 0 Å². The molecular formula is C11H12Cl2N2S2. The molecule has 0 fully saturated rings. The van der Waals surface area contributed by atoms with E-state index in [-0.39, 0.29) is 6.04 Å². The second kappa shape index (κ2) is 5.24. The van der Waals surface area contributed by atoms with Crippen LogP contribution in [0.25, 0.3) is 11.3 Å². The zero-order valence-electron chi connectivity index (χ0n) is 9.41. The third-order valence-corrected chi connectivity index (χ3v) is 4.89. The Kier molecular flexibility index (Phi) is 4.10. The molecule has 0 aliphatic heterocycles. The minimum absolute atomic E-state index is 0.0263. The molecule has 0 saturated heterocycles. The number of nitrogens with zero attached hydrogens (tertiary/aromatic N) is 1. The highest BCUT2D eigenvalue weighted by molar-refractivity contribution is 7.20. The molecule has 2 heterocycles. The van der Waals surface area contributed by atoms with Crippen LogP contribution in [0.15, 0.2) is 11.4 Å². The molecule has 2 aromatic heterocycles. The smallest absolute Gasteiger partial charge is 0.110 e. The van der Waals surface area contributed by atoms with Crippen molar-refractivity contribution in [2.24, 2.45) is 11.7 Å². The van der Waals surface area contributed by atoms with Gasteiger partial charge in [0.05, 0.1) is 16.1 Å². The van der Waals surface area contributed by atoms with Crippen molar-refractivity contribution in [1.82, 2.24) is 4.98 Å². The molecule has 0 radical (unpaired) electrons. The maximum absolute atomic E-state index is 6.10. The fourth-order valence-corrected chi connectivity index (χ4v) is 3.84. The van der Waals surface area contributed by atoms with Crippen LogP contribution >= 0.6 is 45.9 Å². The summed E-state index contributed by atoms with van der Waals surface area (Å²) in [6, 6.07) is 1.82. The Morgan fingerprint density at radius 1 is 1.35 bits per heavy atom. The van der Waals surface area contributed by atoms with Gasteiger partial charge in [0.25, 0.3) is 0 Å². The van der Waals surface area contributed by atoms with Gasteiger partial charge >= 0.3 is 0 Å². The molecule has 0 aromatic carbocycles. The Labute approximate surface area is 118 Å². The Bertz CT molecular complexity index is 519. The number of thiophene rings is 1. The number of nitrogens with two attached hydrogens (primary N) is 1. The van der Waals surface area contributed by atoms with Crippen molar-refractivity contribution >= 4 is 45.9 Å². The summed E-state index contributed by atoms with van der Waals surface area (Å²) in [7, 11) is 0. The third kappa shape index (κ3) is 2.83. The lowest BCUT2D eigenvalue weighted by Gasteiger charge is -2.11. The summed E-state index contributed by atoms with van der Waals surface area (Å²) in [6.07, 6.45) is 0. The standard InChI is InChI=1S/C11H12Cl2N2S2/c1-5(2)9(14)11-15-7(4-16-11)6-3-8(12)17-10(6)13/h3-5,9H,14H2,1-2H3. The van der Waals surface area contributed by atoms with Gasteiger partial charge in [0.2, 0.25) is 0 Å². The Balaban J connectivity index is 2.33. The molecule has 92 valence electrons. The van der Waals surface area contributed by atoms with Crippen LogP contribution in [0.2, 0.25) is 8.67 Å². The molecule has 0 bridgehead atoms. The summed E-state index contributed by atoms with van der Waals surface area (Å²) in [6.45, 7) is 4.17. The first-order valence-corrected chi connectivity index (χ1v) is 7.60. The summed E-state index contributed by atoms with van der Waals surface area (Å²) >= 11 is 14.9. The van der Waals surface area contributed by atoms with Crippen molar-refractivity contribution in [2.45, 2.75) is 19.9 Å². The maximum atomic E-state index is 6.10. The van der Waals surface area contributed by atoms with Gasteiger partial charge < -0.3 is 5.73 Å². The lowest BCUT2D eigenvalue weighted by Crippen LogP contribution is -2.16. The normalized spacial score (nSPS) is 13.3. The van der Waals surface area contributed by atoms with Gasteiger partial charge in [-0.15, -0.1) is 22.7 Å². The minimum Gasteiger partial charge on any atom is -0.322 e. The van der Waals surface area contributed by atoms with E-state index in [1.807, 2.05) is 11.4 Å². The molecule has 0 amide bonds. The lowest BCUT2D eigenvalue weighted by atomic mass is 10.1. The molecule has 1 atom stereocenters. The van der Waals surface area contributed by atoms with Gasteiger partial charge in [-0.3, -0.25) is 0 Å². The van der Waals surface area contributed by atoms with Crippen LogP contribution in [0.1, 0.15) is 24.9 Å². The molecule has 2 aromatic rings. The SMILES string of the molecule is CC(C)C(N)c1nc(-c2cc(Cl)sc2Cl)cs1. The molecule has 17 heavy (non-hydrogen) atoms. The van der Waals surface area contributed by atoms with Gasteiger partial charge in [-0.2, -0.15) is 0 Å². The molecule has 2 rings (SSSR count). The number of hydrogen-bond acceptors (Lipinski definition) is 4. The highest BCUT2D eigenvalue weighted by Gasteiger charge is 2.17. The molecule has 0 spiro atoms. The summed E-state index contributed by atoms with van der Waals surface area (Å²) in [5, 5.41) is 2.91. The predicted octanol–water partition coefficient (Wildman–Crippen LogP) is 4.83. The zero-order valence-corrected chi connectivity index (χ0v) is 12.6. The number of aromatic nitrogens is 1. The van der Waals surface area contributed by atoms with E-state index < -0.39 is 0 Å². The summed E-state index contributed by atoms with van der Waals surface area (Å²) < 4.78 is 1.35. The third-order valence-electron chi connectivity index (χ3n) is 2.46. The average molecular weight is 307 g/mol. The van der Waals surface area contributed by atoms with Crippen LogP contribution in [0.4, 0.5) is 0 Å². The van der Waals surface area contributed by atoms with E-state index in [1.165, 1.54) is 11.3 Å². The number of halogens is 2. The van der Waals surface area contributed by atoms with Crippen molar-refractivity contribution in [1.29, 1.82) is 0 Å². The van der Waals surface area contributed by atoms with Gasteiger partial charge in [-0.05, 0) is 12.0 Å². The van der Waals surface area contributed by atoms with E-state index >= 15 is 0 Å². The van der Waals surface area contributed by atoms with Gasteiger partial charge in [-0.1, -0.05) is 37.0 Å². The van der Waals surface area contributed by atoms with Gasteiger partial charge in [0, 0.05) is 10.9 Å². The molecule has 1 unspecified atom stereocenters. The minimum atomic E-state index is -0.0263. The van der Waals surface area contributed by atoms with Crippen molar-refractivity contribution in [3.05, 3.63) is 25.1 Å². The molecule has 2 N–H and O–H groups in total. The fraction of sp³-hybridized carbons (Fsp3) is 0.364. The second-order valence-corrected chi connectivity index (χ2v) is 7.25. The van der Waals surface area contributed by atoms with E-state index in [0.717, 1.165) is 16.3 Å². The van der Waals surface area contributed by atoms with Crippen molar-refractivity contribution in [3.63, 3.8) is 0 Å². The first kappa shape index (κ1) is 13.3. The molecular weight excluding hydrogens is 295 g/mol. The highest BCUT2D eigenvalue weighted by atomic mass is 35.5. The van der Waals surface area contributed by atoms with Gasteiger partial charge in [-0.25, -0.2) is 4.98 Å². The zero-order chi connectivity index (χ0) is 12.6. The summed E-state index contributed by atoms with van der Waals surface area (Å²) in [5.41, 5.74) is 7.81. The first-order chi connectivity index (χ1) is 7.99. The van der Waals surface area contributed by atoms with Gasteiger partial charge in [0.1, 0.15) is 9.34 Å². The monoisotopic (exact) mass is 306 g/mol. The first-order valence-electron chi connectivity index (χ1n) is 5.15. The Morgan fingerprint density at radius 3 is 2.59 bits per heavy atom. The number of hydrogen-bond donors (Lipinski definition) is 1. The van der Waals surface area contributed by atoms with Crippen LogP contribution in [-0.4, -0.2) is 4.98 Å². The predicted molar refractivity (Wildman–Crippen MR) is 77.2 cm³/mol. The topological polar surface area (TPSA) is 38.9 Å². The molecule has 2 nitrogen and oxygen atoms in total. The largest absolute Gasteiger partial charge is 0.322 e. The van der Waals surface area contributed by atoms with E-state index in [2.05, 4.69) is 18.8 Å². The highest BCUT2D eigenvalue weighted by Crippen LogP contribution is 2.39. The number of rotatable bonds is 3. The fourth-order valence-electron chi connectivity index (χ4n) is 1.36. The Hall–Kier alpha value is -0.130. The number of thiazole rings is 1. The maximum Gasteiger partial charge on any atom is 0.110 e. The van der Waals surface area contributed by atoms with E-state index in [4.69, 9.17) is 28.9 Å². The second-order valence-electron chi connectivity index (χ2n) is 4.08. The van der Waals surface area contributed by atoms with Crippen LogP contribution in [0.5, 0.6) is 0 Å². The van der Waals surface area contributed by atoms with Crippen LogP contribution in [0, 0.1) is 5.92 Å². The van der Waals surface area contributed by atoms with Crippen molar-refractivity contribution in [3.8, 4) is 11.3 Å². The van der Waals surface area contributed by atoms with E-state index in [1.54, 1.807) is 11.3 Å². The van der Waals surface area contributed by atoms with Crippen LogP contribution in [-0.2, 0) is 0 Å². The van der Waals surface area contributed by atoms with Gasteiger partial charge in [0.15, 0.2) is 0 Å². The lowest BCUT2D eigenvalue weighted by molar-refractivity contribution is 0.512. The Morgan fingerprint density at radius 2 is 2.06 bits per heavy atom. The van der Waals surface area contributed by atoms with Crippen LogP contribution < -0.4 is 5.73 Å². The van der Waals surface area contributed by atoms with E-state index in [9.17, 15) is 0 Å². The quantitative estimate of drug-likeness (QED) is 0.881. The molecule has 0 aliphatic rings. The summed E-state index contributed by atoms with van der Waals surface area (Å²) in [4.78, 5) is 4.53. The molecule has 0 aliphatic carbocycles. The summed E-state index contributed by atoms with van der Waals surface area (Å²) in [5.74, 6) is 0.371.